The van der Waals surface area contributed by atoms with E-state index in [1.165, 1.54) is 23.0 Å². The Morgan fingerprint density at radius 3 is 2.42 bits per heavy atom. The lowest BCUT2D eigenvalue weighted by atomic mass is 9.95. The number of carbonyl (C=O) groups is 1. The van der Waals surface area contributed by atoms with E-state index < -0.39 is 12.0 Å². The van der Waals surface area contributed by atoms with E-state index in [1.807, 2.05) is 49.4 Å². The quantitative estimate of drug-likeness (QED) is 0.190. The normalized spacial score (nSPS) is 14.4. The Morgan fingerprint density at radius 2 is 1.73 bits per heavy atom. The Bertz CT molecular complexity index is 1930. The molecule has 0 bridgehead atoms. The Balaban J connectivity index is 1.62. The number of halogens is 1. The van der Waals surface area contributed by atoms with E-state index in [4.69, 9.17) is 23.7 Å². The number of fused-ring (bicyclic) bond motifs is 1. The Morgan fingerprint density at radius 1 is 0.978 bits per heavy atom. The summed E-state index contributed by atoms with van der Waals surface area (Å²) in [5, 5.41) is 0. The highest BCUT2D eigenvalue weighted by atomic mass is 79.9. The number of carbonyl (C=O) groups excluding carboxylic acids is 1. The van der Waals surface area contributed by atoms with Crippen molar-refractivity contribution in [2.75, 3.05) is 27.4 Å². The van der Waals surface area contributed by atoms with Gasteiger partial charge >= 0.3 is 5.97 Å². The second kappa shape index (κ2) is 14.2. The second-order valence-corrected chi connectivity index (χ2v) is 11.8. The summed E-state index contributed by atoms with van der Waals surface area (Å²) < 4.78 is 31.1. The molecule has 0 N–H and O–H groups in total. The van der Waals surface area contributed by atoms with Crippen molar-refractivity contribution in [3.05, 3.63) is 113 Å². The van der Waals surface area contributed by atoms with Gasteiger partial charge in [0.05, 0.1) is 53.8 Å². The molecule has 9 nitrogen and oxygen atoms in total. The van der Waals surface area contributed by atoms with Gasteiger partial charge in [-0.1, -0.05) is 47.7 Å². The molecule has 0 saturated heterocycles. The lowest BCUT2D eigenvalue weighted by Gasteiger charge is -2.25. The van der Waals surface area contributed by atoms with Gasteiger partial charge in [0, 0.05) is 0 Å². The first-order valence-corrected chi connectivity index (χ1v) is 15.9. The molecule has 4 aromatic rings. The predicted octanol–water partition coefficient (Wildman–Crippen LogP) is 5.56. The lowest BCUT2D eigenvalue weighted by Crippen LogP contribution is -2.40. The topological polar surface area (TPSA) is 97.6 Å². The van der Waals surface area contributed by atoms with Gasteiger partial charge in [-0.3, -0.25) is 9.36 Å². The molecular weight excluding hydrogens is 660 g/mol. The van der Waals surface area contributed by atoms with Gasteiger partial charge in [-0.2, -0.15) is 0 Å². The fourth-order valence-electron chi connectivity index (χ4n) is 5.09. The van der Waals surface area contributed by atoms with Gasteiger partial charge in [-0.05, 0) is 83.7 Å². The van der Waals surface area contributed by atoms with Crippen LogP contribution in [0.3, 0.4) is 0 Å². The van der Waals surface area contributed by atoms with E-state index >= 15 is 0 Å². The lowest BCUT2D eigenvalue weighted by molar-refractivity contribution is -0.139. The van der Waals surface area contributed by atoms with Gasteiger partial charge in [-0.15, -0.1) is 0 Å². The van der Waals surface area contributed by atoms with Crippen LogP contribution in [-0.2, 0) is 16.1 Å². The van der Waals surface area contributed by atoms with Crippen molar-refractivity contribution >= 4 is 39.3 Å². The third-order valence-corrected chi connectivity index (χ3v) is 8.67. The van der Waals surface area contributed by atoms with Crippen LogP contribution in [0.25, 0.3) is 6.08 Å². The summed E-state index contributed by atoms with van der Waals surface area (Å²) in [7, 11) is 3.08. The third-order valence-electron chi connectivity index (χ3n) is 7.10. The van der Waals surface area contributed by atoms with Crippen molar-refractivity contribution in [1.29, 1.82) is 0 Å². The fraction of sp³-hybridized carbons (Fsp3) is 0.265. The summed E-state index contributed by atoms with van der Waals surface area (Å²) in [5.74, 6) is 1.58. The summed E-state index contributed by atoms with van der Waals surface area (Å²) in [4.78, 5) is 32.5. The number of thiazole rings is 1. The Hall–Kier alpha value is -4.35. The molecule has 11 heteroatoms. The van der Waals surface area contributed by atoms with E-state index in [-0.39, 0.29) is 17.7 Å². The maximum Gasteiger partial charge on any atom is 0.338 e. The monoisotopic (exact) mass is 692 g/mol. The van der Waals surface area contributed by atoms with Crippen molar-refractivity contribution in [2.24, 2.45) is 4.99 Å². The number of nitrogens with zero attached hydrogens (tertiary/aromatic N) is 2. The summed E-state index contributed by atoms with van der Waals surface area (Å²) in [5.41, 5.74) is 2.86. The molecule has 1 atom stereocenters. The molecule has 0 saturated carbocycles. The van der Waals surface area contributed by atoms with Crippen LogP contribution in [0.1, 0.15) is 43.5 Å². The van der Waals surface area contributed by atoms with Crippen LogP contribution in [0, 0.1) is 0 Å². The molecule has 1 aliphatic heterocycles. The molecule has 1 aromatic heterocycles. The molecule has 0 amide bonds. The van der Waals surface area contributed by atoms with Gasteiger partial charge in [0.1, 0.15) is 6.61 Å². The zero-order valence-corrected chi connectivity index (χ0v) is 28.0. The molecule has 1 aliphatic rings. The standard InChI is InChI=1S/C34H33BrN2O7S/c1-6-42-27-16-22(15-24(35)31(27)44-19-21-11-9-8-10-12-21)17-28-32(38)37-30(23-13-14-25(40-4)26(18-23)41-5)29(33(39)43-7-2)20(3)36-34(37)45-28/h8-18,30H,6-7,19H2,1-5H3/b28-17-/t30-/m0/s1. The van der Waals surface area contributed by atoms with E-state index in [2.05, 4.69) is 20.9 Å². The number of hydrogen-bond donors (Lipinski definition) is 0. The van der Waals surface area contributed by atoms with E-state index in [0.717, 1.165) is 11.1 Å². The molecule has 234 valence electrons. The van der Waals surface area contributed by atoms with E-state index in [0.29, 0.717) is 61.3 Å². The van der Waals surface area contributed by atoms with Gasteiger partial charge in [0.15, 0.2) is 27.8 Å². The zero-order valence-electron chi connectivity index (χ0n) is 25.6. The van der Waals surface area contributed by atoms with Crippen molar-refractivity contribution in [3.8, 4) is 23.0 Å². The van der Waals surface area contributed by atoms with Gasteiger partial charge in [0.2, 0.25) is 0 Å². The first-order chi connectivity index (χ1) is 21.8. The number of allylic oxidation sites excluding steroid dienone is 1. The number of methoxy groups -OCH3 is 2. The summed E-state index contributed by atoms with van der Waals surface area (Å²) >= 11 is 4.88. The highest BCUT2D eigenvalue weighted by Crippen LogP contribution is 2.38. The number of hydrogen-bond acceptors (Lipinski definition) is 9. The molecule has 5 rings (SSSR count). The average molecular weight is 694 g/mol. The minimum atomic E-state index is -0.790. The van der Waals surface area contributed by atoms with Crippen LogP contribution in [0.2, 0.25) is 0 Å². The van der Waals surface area contributed by atoms with Crippen molar-refractivity contribution < 1.29 is 28.5 Å². The maximum absolute atomic E-state index is 14.1. The van der Waals surface area contributed by atoms with E-state index in [9.17, 15) is 9.59 Å². The molecule has 45 heavy (non-hydrogen) atoms. The van der Waals surface area contributed by atoms with Gasteiger partial charge < -0.3 is 23.7 Å². The van der Waals surface area contributed by atoms with Crippen LogP contribution >= 0.6 is 27.3 Å². The molecule has 0 fully saturated rings. The minimum Gasteiger partial charge on any atom is -0.493 e. The highest BCUT2D eigenvalue weighted by Gasteiger charge is 2.34. The Kier molecular flexibility index (Phi) is 10.1. The SMILES string of the molecule is CCOC(=O)C1=C(C)N=c2s/c(=C\c3cc(Br)c(OCc4ccccc4)c(OCC)c3)c(=O)n2[C@H]1c1ccc(OC)c(OC)c1. The zero-order chi connectivity index (χ0) is 32.1. The molecule has 0 unspecified atom stereocenters. The van der Waals surface area contributed by atoms with E-state index in [1.54, 1.807) is 45.2 Å². The number of rotatable bonds is 11. The average Bonchev–Trinajstić information content (AvgIpc) is 3.33. The summed E-state index contributed by atoms with van der Waals surface area (Å²) in [6.45, 7) is 6.37. The van der Waals surface area contributed by atoms with Crippen molar-refractivity contribution in [2.45, 2.75) is 33.4 Å². The summed E-state index contributed by atoms with van der Waals surface area (Å²) in [6.07, 6.45) is 1.78. The van der Waals surface area contributed by atoms with Crippen LogP contribution in [0.4, 0.5) is 0 Å². The number of benzene rings is 3. The third kappa shape index (κ3) is 6.69. The maximum atomic E-state index is 14.1. The first kappa shape index (κ1) is 32.1. The van der Waals surface area contributed by atoms with Crippen LogP contribution in [-0.4, -0.2) is 38.0 Å². The smallest absolute Gasteiger partial charge is 0.338 e. The minimum absolute atomic E-state index is 0.181. The second-order valence-electron chi connectivity index (χ2n) is 9.95. The fourth-order valence-corrected chi connectivity index (χ4v) is 6.71. The highest BCUT2D eigenvalue weighted by molar-refractivity contribution is 9.10. The van der Waals surface area contributed by atoms with Crippen LogP contribution in [0.5, 0.6) is 23.0 Å². The number of ether oxygens (including phenoxy) is 5. The van der Waals surface area contributed by atoms with Crippen LogP contribution < -0.4 is 33.8 Å². The molecule has 0 spiro atoms. The first-order valence-electron chi connectivity index (χ1n) is 14.3. The molecule has 0 radical (unpaired) electrons. The molecular formula is C34H33BrN2O7S. The van der Waals surface area contributed by atoms with Crippen LogP contribution in [0.15, 0.2) is 86.2 Å². The summed E-state index contributed by atoms with van der Waals surface area (Å²) in [6, 6.07) is 18.1. The van der Waals surface area contributed by atoms with Gasteiger partial charge in [0.25, 0.3) is 5.56 Å². The molecule has 2 heterocycles. The molecule has 3 aromatic carbocycles. The predicted molar refractivity (Wildman–Crippen MR) is 176 cm³/mol. The largest absolute Gasteiger partial charge is 0.493 e. The van der Waals surface area contributed by atoms with Gasteiger partial charge in [-0.25, -0.2) is 9.79 Å². The number of esters is 1. The Labute approximate surface area is 273 Å². The van der Waals surface area contributed by atoms with Crippen molar-refractivity contribution in [3.63, 3.8) is 0 Å². The number of aromatic nitrogens is 1. The molecule has 0 aliphatic carbocycles. The van der Waals surface area contributed by atoms with Crippen molar-refractivity contribution in [1.82, 2.24) is 4.57 Å².